The summed E-state index contributed by atoms with van der Waals surface area (Å²) in [6.07, 6.45) is 2.18. The molecule has 0 aliphatic carbocycles. The topological polar surface area (TPSA) is 35.5 Å². The normalized spacial score (nSPS) is 11.9. The predicted molar refractivity (Wildman–Crippen MR) is 67.1 cm³/mol. The van der Waals surface area contributed by atoms with Gasteiger partial charge in [-0.25, -0.2) is 4.79 Å². The molecular formula is C14H20O3. The fourth-order valence-electron chi connectivity index (χ4n) is 1.53. The minimum Gasteiger partial charge on any atom is -0.479 e. The summed E-state index contributed by atoms with van der Waals surface area (Å²) >= 11 is 0. The number of ether oxygens (including phenoxy) is 2. The van der Waals surface area contributed by atoms with Gasteiger partial charge in [-0.3, -0.25) is 0 Å². The molecule has 17 heavy (non-hydrogen) atoms. The van der Waals surface area contributed by atoms with E-state index in [1.54, 1.807) is 0 Å². The molecule has 0 saturated carbocycles. The van der Waals surface area contributed by atoms with E-state index in [2.05, 4.69) is 6.92 Å². The Hall–Kier alpha value is -1.51. The van der Waals surface area contributed by atoms with E-state index < -0.39 is 6.10 Å². The standard InChI is InChI=1S/C14H20O3/c1-4-5-6-13(14(15)16-3)17-12-9-7-11(2)8-10-12/h7-10,13H,4-6H2,1-3H3. The number of unbranched alkanes of at least 4 members (excludes halogenated alkanes) is 1. The molecule has 0 aromatic heterocycles. The summed E-state index contributed by atoms with van der Waals surface area (Å²) in [6.45, 7) is 4.10. The van der Waals surface area contributed by atoms with Gasteiger partial charge in [0.25, 0.3) is 0 Å². The Bertz CT molecular complexity index is 343. The first-order chi connectivity index (χ1) is 8.17. The van der Waals surface area contributed by atoms with Crippen molar-refractivity contribution < 1.29 is 14.3 Å². The van der Waals surface area contributed by atoms with Gasteiger partial charge in [0.2, 0.25) is 0 Å². The first-order valence-electron chi connectivity index (χ1n) is 5.98. The molecule has 0 fully saturated rings. The Morgan fingerprint density at radius 3 is 2.47 bits per heavy atom. The predicted octanol–water partition coefficient (Wildman–Crippen LogP) is 3.11. The summed E-state index contributed by atoms with van der Waals surface area (Å²) in [6, 6.07) is 7.67. The van der Waals surface area contributed by atoms with Crippen LogP contribution in [-0.2, 0) is 9.53 Å². The smallest absolute Gasteiger partial charge is 0.347 e. The molecule has 1 aromatic carbocycles. The van der Waals surface area contributed by atoms with Gasteiger partial charge >= 0.3 is 5.97 Å². The minimum atomic E-state index is -0.498. The Balaban J connectivity index is 2.64. The first-order valence-corrected chi connectivity index (χ1v) is 5.98. The third-order valence-corrected chi connectivity index (χ3v) is 2.58. The molecule has 0 heterocycles. The average molecular weight is 236 g/mol. The van der Waals surface area contributed by atoms with E-state index in [4.69, 9.17) is 9.47 Å². The van der Waals surface area contributed by atoms with E-state index in [1.165, 1.54) is 12.7 Å². The molecule has 0 radical (unpaired) electrons. The van der Waals surface area contributed by atoms with E-state index >= 15 is 0 Å². The zero-order chi connectivity index (χ0) is 12.7. The summed E-state index contributed by atoms with van der Waals surface area (Å²) in [7, 11) is 1.39. The van der Waals surface area contributed by atoms with Crippen molar-refractivity contribution in [3.05, 3.63) is 29.8 Å². The van der Waals surface area contributed by atoms with Crippen LogP contribution < -0.4 is 4.74 Å². The molecule has 1 rings (SSSR count). The summed E-state index contributed by atoms with van der Waals surface area (Å²) in [5, 5.41) is 0. The van der Waals surface area contributed by atoms with Gasteiger partial charge in [0, 0.05) is 0 Å². The highest BCUT2D eigenvalue weighted by Crippen LogP contribution is 2.16. The highest BCUT2D eigenvalue weighted by Gasteiger charge is 2.20. The average Bonchev–Trinajstić information content (AvgIpc) is 2.36. The van der Waals surface area contributed by atoms with Crippen LogP contribution in [0.4, 0.5) is 0 Å². The molecule has 94 valence electrons. The highest BCUT2D eigenvalue weighted by molar-refractivity contribution is 5.74. The van der Waals surface area contributed by atoms with Crippen molar-refractivity contribution in [3.63, 3.8) is 0 Å². The van der Waals surface area contributed by atoms with Crippen LogP contribution in [0.15, 0.2) is 24.3 Å². The van der Waals surface area contributed by atoms with E-state index in [-0.39, 0.29) is 5.97 Å². The largest absolute Gasteiger partial charge is 0.479 e. The van der Waals surface area contributed by atoms with Crippen LogP contribution in [0, 0.1) is 6.92 Å². The van der Waals surface area contributed by atoms with Crippen LogP contribution in [0.5, 0.6) is 5.75 Å². The third kappa shape index (κ3) is 4.47. The maximum atomic E-state index is 11.5. The second-order valence-corrected chi connectivity index (χ2v) is 4.08. The second kappa shape index (κ2) is 6.94. The highest BCUT2D eigenvalue weighted by atomic mass is 16.6. The molecule has 0 aliphatic rings. The van der Waals surface area contributed by atoms with Gasteiger partial charge in [0.1, 0.15) is 5.75 Å². The number of carbonyl (C=O) groups excluding carboxylic acids is 1. The number of carbonyl (C=O) groups is 1. The van der Waals surface area contributed by atoms with E-state index in [1.807, 2.05) is 31.2 Å². The van der Waals surface area contributed by atoms with Crippen LogP contribution in [0.3, 0.4) is 0 Å². The van der Waals surface area contributed by atoms with Gasteiger partial charge in [0.05, 0.1) is 7.11 Å². The monoisotopic (exact) mass is 236 g/mol. The van der Waals surface area contributed by atoms with Gasteiger partial charge in [-0.1, -0.05) is 31.0 Å². The van der Waals surface area contributed by atoms with E-state index in [0.717, 1.165) is 12.8 Å². The zero-order valence-electron chi connectivity index (χ0n) is 10.7. The Morgan fingerprint density at radius 1 is 1.29 bits per heavy atom. The Morgan fingerprint density at radius 2 is 1.94 bits per heavy atom. The number of rotatable bonds is 6. The van der Waals surface area contributed by atoms with Crippen molar-refractivity contribution in [3.8, 4) is 5.75 Å². The van der Waals surface area contributed by atoms with Crippen molar-refractivity contribution in [1.29, 1.82) is 0 Å². The molecule has 0 amide bonds. The molecule has 1 unspecified atom stereocenters. The fourth-order valence-corrected chi connectivity index (χ4v) is 1.53. The lowest BCUT2D eigenvalue weighted by Gasteiger charge is -2.16. The summed E-state index contributed by atoms with van der Waals surface area (Å²) < 4.78 is 10.4. The van der Waals surface area contributed by atoms with Crippen molar-refractivity contribution in [1.82, 2.24) is 0 Å². The lowest BCUT2D eigenvalue weighted by Crippen LogP contribution is -2.28. The second-order valence-electron chi connectivity index (χ2n) is 4.08. The molecule has 3 heteroatoms. The van der Waals surface area contributed by atoms with Gasteiger partial charge < -0.3 is 9.47 Å². The lowest BCUT2D eigenvalue weighted by atomic mass is 10.1. The van der Waals surface area contributed by atoms with E-state index in [9.17, 15) is 4.79 Å². The van der Waals surface area contributed by atoms with Crippen molar-refractivity contribution >= 4 is 5.97 Å². The minimum absolute atomic E-state index is 0.306. The Kier molecular flexibility index (Phi) is 5.53. The van der Waals surface area contributed by atoms with Crippen LogP contribution in [0.25, 0.3) is 0 Å². The Labute approximate surface area is 103 Å². The van der Waals surface area contributed by atoms with Crippen LogP contribution in [0.1, 0.15) is 31.7 Å². The molecule has 3 nitrogen and oxygen atoms in total. The molecule has 0 N–H and O–H groups in total. The number of hydrogen-bond donors (Lipinski definition) is 0. The third-order valence-electron chi connectivity index (χ3n) is 2.58. The van der Waals surface area contributed by atoms with Crippen LogP contribution in [-0.4, -0.2) is 19.2 Å². The molecule has 0 spiro atoms. The zero-order valence-corrected chi connectivity index (χ0v) is 10.7. The van der Waals surface area contributed by atoms with Crippen molar-refractivity contribution in [2.45, 2.75) is 39.2 Å². The van der Waals surface area contributed by atoms with Crippen molar-refractivity contribution in [2.75, 3.05) is 7.11 Å². The van der Waals surface area contributed by atoms with E-state index in [0.29, 0.717) is 12.2 Å². The van der Waals surface area contributed by atoms with Gasteiger partial charge in [-0.15, -0.1) is 0 Å². The molecule has 1 aromatic rings. The summed E-state index contributed by atoms with van der Waals surface area (Å²) in [5.41, 5.74) is 1.17. The molecule has 0 saturated heterocycles. The fraction of sp³-hybridized carbons (Fsp3) is 0.500. The van der Waals surface area contributed by atoms with Crippen LogP contribution >= 0.6 is 0 Å². The summed E-state index contributed by atoms with van der Waals surface area (Å²) in [4.78, 5) is 11.5. The SMILES string of the molecule is CCCCC(Oc1ccc(C)cc1)C(=O)OC. The number of aryl methyl sites for hydroxylation is 1. The van der Waals surface area contributed by atoms with Gasteiger partial charge in [-0.2, -0.15) is 0 Å². The van der Waals surface area contributed by atoms with Gasteiger partial charge in [0.15, 0.2) is 6.10 Å². The van der Waals surface area contributed by atoms with Crippen LogP contribution in [0.2, 0.25) is 0 Å². The van der Waals surface area contributed by atoms with Gasteiger partial charge in [-0.05, 0) is 31.9 Å². The lowest BCUT2D eigenvalue weighted by molar-refractivity contribution is -0.149. The number of benzene rings is 1. The first kappa shape index (κ1) is 13.6. The molecule has 0 aliphatic heterocycles. The molecule has 1 atom stereocenters. The number of hydrogen-bond acceptors (Lipinski definition) is 3. The summed E-state index contributed by atoms with van der Waals surface area (Å²) in [5.74, 6) is 0.404. The quantitative estimate of drug-likeness (QED) is 0.712. The maximum absolute atomic E-state index is 11.5. The molecular weight excluding hydrogens is 216 g/mol. The number of methoxy groups -OCH3 is 1. The molecule has 0 bridgehead atoms. The maximum Gasteiger partial charge on any atom is 0.347 e. The number of esters is 1. The van der Waals surface area contributed by atoms with Crippen molar-refractivity contribution in [2.24, 2.45) is 0 Å².